The summed E-state index contributed by atoms with van der Waals surface area (Å²) < 4.78 is 4.53. The van der Waals surface area contributed by atoms with Crippen molar-refractivity contribution in [1.82, 2.24) is 0 Å². The third-order valence-electron chi connectivity index (χ3n) is 2.62. The summed E-state index contributed by atoms with van der Waals surface area (Å²) in [6.45, 7) is 1.87. The van der Waals surface area contributed by atoms with Gasteiger partial charge < -0.3 is 15.8 Å². The molecule has 0 bridgehead atoms. The number of rotatable bonds is 6. The van der Waals surface area contributed by atoms with Gasteiger partial charge in [-0.1, -0.05) is 19.1 Å². The molecule has 0 saturated heterocycles. The van der Waals surface area contributed by atoms with E-state index in [2.05, 4.69) is 10.1 Å². The number of ether oxygens (including phenoxy) is 1. The topological polar surface area (TPSA) is 81.4 Å². The molecule has 106 valence electrons. The Morgan fingerprint density at radius 3 is 2.58 bits per heavy atom. The molecule has 6 heteroatoms. The van der Waals surface area contributed by atoms with Crippen LogP contribution in [0.5, 0.6) is 0 Å². The number of hydrogen-bond acceptors (Lipinski definition) is 5. The van der Waals surface area contributed by atoms with E-state index in [4.69, 9.17) is 5.73 Å². The standard InChI is InChI=1S/C13H18N2O3.ClH/c1-3-10(14)13(17)9-6-4-5-7-11(9)15-8-12(16)18-2;/h4-7,10,15H,3,8,14H2,1-2H3;1H. The Morgan fingerprint density at radius 2 is 2.00 bits per heavy atom. The van der Waals surface area contributed by atoms with Crippen LogP contribution in [0.15, 0.2) is 24.3 Å². The van der Waals surface area contributed by atoms with E-state index >= 15 is 0 Å². The Kier molecular flexibility index (Phi) is 7.79. The molecule has 0 saturated carbocycles. The lowest BCUT2D eigenvalue weighted by molar-refractivity contribution is -0.138. The maximum atomic E-state index is 12.0. The quantitative estimate of drug-likeness (QED) is 0.613. The molecule has 0 aliphatic rings. The number of ketones is 1. The summed E-state index contributed by atoms with van der Waals surface area (Å²) in [6, 6.07) is 6.45. The zero-order valence-electron chi connectivity index (χ0n) is 11.0. The van der Waals surface area contributed by atoms with Crippen molar-refractivity contribution in [3.8, 4) is 0 Å². The lowest BCUT2D eigenvalue weighted by Gasteiger charge is -2.13. The first-order valence-corrected chi connectivity index (χ1v) is 5.79. The molecule has 0 radical (unpaired) electrons. The van der Waals surface area contributed by atoms with E-state index in [1.807, 2.05) is 6.92 Å². The maximum Gasteiger partial charge on any atom is 0.325 e. The van der Waals surface area contributed by atoms with Crippen LogP contribution in [0.2, 0.25) is 0 Å². The number of anilines is 1. The first kappa shape index (κ1) is 17.4. The third kappa shape index (κ3) is 4.89. The van der Waals surface area contributed by atoms with E-state index in [0.717, 1.165) is 0 Å². The van der Waals surface area contributed by atoms with Crippen molar-refractivity contribution in [1.29, 1.82) is 0 Å². The number of nitrogens with one attached hydrogen (secondary N) is 1. The van der Waals surface area contributed by atoms with Gasteiger partial charge in [0.05, 0.1) is 13.2 Å². The van der Waals surface area contributed by atoms with E-state index in [-0.39, 0.29) is 24.7 Å². The van der Waals surface area contributed by atoms with Gasteiger partial charge in [0.25, 0.3) is 0 Å². The smallest absolute Gasteiger partial charge is 0.325 e. The molecule has 0 spiro atoms. The minimum absolute atomic E-state index is 0. The average molecular weight is 287 g/mol. The summed E-state index contributed by atoms with van der Waals surface area (Å²) in [5.74, 6) is -0.525. The molecule has 1 unspecified atom stereocenters. The number of nitrogens with two attached hydrogens (primary N) is 1. The van der Waals surface area contributed by atoms with Crippen molar-refractivity contribution in [3.63, 3.8) is 0 Å². The number of esters is 1. The summed E-state index contributed by atoms with van der Waals surface area (Å²) in [5, 5.41) is 2.87. The summed E-state index contributed by atoms with van der Waals surface area (Å²) in [7, 11) is 1.31. The van der Waals surface area contributed by atoms with Crippen LogP contribution in [0.1, 0.15) is 23.7 Å². The summed E-state index contributed by atoms with van der Waals surface area (Å²) in [6.07, 6.45) is 0.574. The van der Waals surface area contributed by atoms with Crippen LogP contribution >= 0.6 is 12.4 Å². The van der Waals surface area contributed by atoms with Crippen LogP contribution in [0, 0.1) is 0 Å². The van der Waals surface area contributed by atoms with E-state index < -0.39 is 12.0 Å². The third-order valence-corrected chi connectivity index (χ3v) is 2.62. The molecule has 0 amide bonds. The van der Waals surface area contributed by atoms with E-state index in [0.29, 0.717) is 17.7 Å². The number of Topliss-reactive ketones (excluding diaryl/α,β-unsaturated/α-hetero) is 1. The number of halogens is 1. The molecule has 1 aromatic carbocycles. The highest BCUT2D eigenvalue weighted by atomic mass is 35.5. The highest BCUT2D eigenvalue weighted by molar-refractivity contribution is 6.04. The first-order valence-electron chi connectivity index (χ1n) is 5.79. The fourth-order valence-electron chi connectivity index (χ4n) is 1.48. The van der Waals surface area contributed by atoms with Crippen molar-refractivity contribution in [3.05, 3.63) is 29.8 Å². The monoisotopic (exact) mass is 286 g/mol. The lowest BCUT2D eigenvalue weighted by Crippen LogP contribution is -2.30. The second kappa shape index (κ2) is 8.50. The van der Waals surface area contributed by atoms with Crippen molar-refractivity contribution in [2.24, 2.45) is 5.73 Å². The van der Waals surface area contributed by atoms with E-state index in [1.54, 1.807) is 24.3 Å². The predicted molar refractivity (Wildman–Crippen MR) is 76.8 cm³/mol. The molecule has 0 heterocycles. The van der Waals surface area contributed by atoms with Gasteiger partial charge in [-0.15, -0.1) is 12.4 Å². The average Bonchev–Trinajstić information content (AvgIpc) is 2.43. The molecule has 0 aliphatic carbocycles. The fraction of sp³-hybridized carbons (Fsp3) is 0.385. The van der Waals surface area contributed by atoms with Crippen LogP contribution < -0.4 is 11.1 Å². The van der Waals surface area contributed by atoms with Crippen LogP contribution in [0.3, 0.4) is 0 Å². The summed E-state index contributed by atoms with van der Waals surface area (Å²) >= 11 is 0. The second-order valence-electron chi connectivity index (χ2n) is 3.85. The highest BCUT2D eigenvalue weighted by Crippen LogP contribution is 2.17. The van der Waals surface area contributed by atoms with Crippen LogP contribution in [0.25, 0.3) is 0 Å². The van der Waals surface area contributed by atoms with E-state index in [1.165, 1.54) is 7.11 Å². The lowest BCUT2D eigenvalue weighted by atomic mass is 10.0. The van der Waals surface area contributed by atoms with Crippen LogP contribution in [-0.4, -0.2) is 31.4 Å². The van der Waals surface area contributed by atoms with Gasteiger partial charge in [-0.25, -0.2) is 0 Å². The Labute approximate surface area is 118 Å². The van der Waals surface area contributed by atoms with Crippen molar-refractivity contribution in [2.45, 2.75) is 19.4 Å². The number of para-hydroxylation sites is 1. The van der Waals surface area contributed by atoms with Gasteiger partial charge in [0, 0.05) is 11.3 Å². The van der Waals surface area contributed by atoms with Gasteiger partial charge in [0.1, 0.15) is 6.54 Å². The minimum atomic E-state index is -0.522. The van der Waals surface area contributed by atoms with E-state index in [9.17, 15) is 9.59 Å². The van der Waals surface area contributed by atoms with Crippen LogP contribution in [-0.2, 0) is 9.53 Å². The minimum Gasteiger partial charge on any atom is -0.468 e. The molecule has 0 aliphatic heterocycles. The predicted octanol–water partition coefficient (Wildman–Crippen LogP) is 1.61. The normalized spacial score (nSPS) is 11.1. The molecule has 1 atom stereocenters. The largest absolute Gasteiger partial charge is 0.468 e. The van der Waals surface area contributed by atoms with Gasteiger partial charge in [-0.2, -0.15) is 0 Å². The van der Waals surface area contributed by atoms with Gasteiger partial charge in [0.2, 0.25) is 0 Å². The first-order chi connectivity index (χ1) is 8.60. The number of carbonyl (C=O) groups excluding carboxylic acids is 2. The SMILES string of the molecule is CCC(N)C(=O)c1ccccc1NCC(=O)OC.Cl. The molecule has 1 rings (SSSR count). The molecule has 5 nitrogen and oxygen atoms in total. The zero-order valence-corrected chi connectivity index (χ0v) is 11.8. The van der Waals surface area contributed by atoms with Crippen LogP contribution in [0.4, 0.5) is 5.69 Å². The number of benzene rings is 1. The molecule has 3 N–H and O–H groups in total. The molecule has 1 aromatic rings. The molecular weight excluding hydrogens is 268 g/mol. The van der Waals surface area contributed by atoms with Gasteiger partial charge >= 0.3 is 5.97 Å². The number of hydrogen-bond donors (Lipinski definition) is 2. The summed E-state index contributed by atoms with van der Waals surface area (Å²) in [5.41, 5.74) is 6.82. The van der Waals surface area contributed by atoms with Crippen molar-refractivity contribution >= 4 is 29.8 Å². The number of methoxy groups -OCH3 is 1. The highest BCUT2D eigenvalue weighted by Gasteiger charge is 2.17. The van der Waals surface area contributed by atoms with Crippen molar-refractivity contribution in [2.75, 3.05) is 19.0 Å². The Balaban J connectivity index is 0.00000324. The molecular formula is C13H19ClN2O3. The Hall–Kier alpha value is -1.59. The Bertz CT molecular complexity index is 438. The molecule has 0 fully saturated rings. The van der Waals surface area contributed by atoms with Gasteiger partial charge in [-0.05, 0) is 18.6 Å². The maximum absolute atomic E-state index is 12.0. The Morgan fingerprint density at radius 1 is 1.37 bits per heavy atom. The second-order valence-corrected chi connectivity index (χ2v) is 3.85. The summed E-state index contributed by atoms with van der Waals surface area (Å²) in [4.78, 5) is 23.1. The molecule has 19 heavy (non-hydrogen) atoms. The zero-order chi connectivity index (χ0) is 13.5. The molecule has 0 aromatic heterocycles. The van der Waals surface area contributed by atoms with Crippen molar-refractivity contribution < 1.29 is 14.3 Å². The van der Waals surface area contributed by atoms with Gasteiger partial charge in [-0.3, -0.25) is 9.59 Å². The number of carbonyl (C=O) groups is 2. The van der Waals surface area contributed by atoms with Gasteiger partial charge in [0.15, 0.2) is 5.78 Å². The fourth-order valence-corrected chi connectivity index (χ4v) is 1.48.